The van der Waals surface area contributed by atoms with Gasteiger partial charge in [-0.05, 0) is 48.7 Å². The first kappa shape index (κ1) is 15.1. The van der Waals surface area contributed by atoms with E-state index in [-0.39, 0.29) is 5.91 Å². The van der Waals surface area contributed by atoms with Crippen LogP contribution < -0.4 is 11.1 Å². The quantitative estimate of drug-likeness (QED) is 0.829. The zero-order valence-electron chi connectivity index (χ0n) is 12.3. The van der Waals surface area contributed by atoms with Crippen LogP contribution >= 0.6 is 0 Å². The molecule has 2 aromatic rings. The Morgan fingerprint density at radius 1 is 1.24 bits per heavy atom. The van der Waals surface area contributed by atoms with Gasteiger partial charge >= 0.3 is 0 Å². The molecule has 0 aliphatic heterocycles. The summed E-state index contributed by atoms with van der Waals surface area (Å²) in [6.07, 6.45) is 0.753. The maximum atomic E-state index is 12.3. The molecule has 21 heavy (non-hydrogen) atoms. The van der Waals surface area contributed by atoms with Gasteiger partial charge in [0.2, 0.25) is 0 Å². The molecular weight excluding hydrogens is 264 g/mol. The zero-order valence-corrected chi connectivity index (χ0v) is 12.3. The van der Waals surface area contributed by atoms with Crippen LogP contribution in [0, 0.1) is 6.92 Å². The van der Waals surface area contributed by atoms with Gasteiger partial charge in [0.25, 0.3) is 5.91 Å². The minimum Gasteiger partial charge on any atom is -0.399 e. The Labute approximate surface area is 124 Å². The van der Waals surface area contributed by atoms with Crippen molar-refractivity contribution in [2.45, 2.75) is 13.3 Å². The Bertz CT molecular complexity index is 618. The number of carbonyl (C=O) groups is 1. The number of hydrogen-bond donors (Lipinski definition) is 2. The van der Waals surface area contributed by atoms with Crippen LogP contribution in [-0.4, -0.2) is 19.6 Å². The molecule has 2 rings (SSSR count). The van der Waals surface area contributed by atoms with Gasteiger partial charge in [0.15, 0.2) is 0 Å². The van der Waals surface area contributed by atoms with Gasteiger partial charge in [0, 0.05) is 24.0 Å². The number of nitrogens with one attached hydrogen (secondary N) is 1. The number of hydrogen-bond acceptors (Lipinski definition) is 3. The average Bonchev–Trinajstić information content (AvgIpc) is 2.45. The van der Waals surface area contributed by atoms with Crippen molar-refractivity contribution in [3.63, 3.8) is 0 Å². The minimum absolute atomic E-state index is 0.157. The van der Waals surface area contributed by atoms with Crippen LogP contribution in [0.15, 0.2) is 42.5 Å². The molecule has 3 N–H and O–H groups in total. The lowest BCUT2D eigenvalue weighted by atomic mass is 10.1. The number of para-hydroxylation sites is 1. The summed E-state index contributed by atoms with van der Waals surface area (Å²) in [6, 6.07) is 13.1. The number of rotatable bonds is 5. The van der Waals surface area contributed by atoms with Crippen LogP contribution in [0.4, 0.5) is 11.4 Å². The summed E-state index contributed by atoms with van der Waals surface area (Å²) < 4.78 is 5.09. The van der Waals surface area contributed by atoms with Gasteiger partial charge in [-0.3, -0.25) is 4.79 Å². The summed E-state index contributed by atoms with van der Waals surface area (Å²) in [5.74, 6) is -0.157. The lowest BCUT2D eigenvalue weighted by molar-refractivity contribution is 0.102. The van der Waals surface area contributed by atoms with E-state index in [9.17, 15) is 4.79 Å². The predicted octanol–water partition coefficient (Wildman–Crippen LogP) is 3.02. The van der Waals surface area contributed by atoms with Gasteiger partial charge in [-0.25, -0.2) is 0 Å². The van der Waals surface area contributed by atoms with Crippen molar-refractivity contribution in [3.05, 3.63) is 59.2 Å². The average molecular weight is 284 g/mol. The highest BCUT2D eigenvalue weighted by molar-refractivity contribution is 6.05. The molecule has 0 atom stereocenters. The third-order valence-corrected chi connectivity index (χ3v) is 3.20. The highest BCUT2D eigenvalue weighted by Gasteiger charge is 2.10. The van der Waals surface area contributed by atoms with Crippen molar-refractivity contribution in [2.75, 3.05) is 24.8 Å². The van der Waals surface area contributed by atoms with Crippen LogP contribution in [0.1, 0.15) is 21.5 Å². The van der Waals surface area contributed by atoms with Gasteiger partial charge in [0.05, 0.1) is 6.61 Å². The lowest BCUT2D eigenvalue weighted by Gasteiger charge is -2.11. The Balaban J connectivity index is 2.19. The number of carbonyl (C=O) groups excluding carboxylic acids is 1. The molecule has 4 nitrogen and oxygen atoms in total. The monoisotopic (exact) mass is 284 g/mol. The van der Waals surface area contributed by atoms with Gasteiger partial charge in [0.1, 0.15) is 0 Å². The number of methoxy groups -OCH3 is 1. The normalized spacial score (nSPS) is 10.4. The molecule has 0 aliphatic carbocycles. The third kappa shape index (κ3) is 4.07. The van der Waals surface area contributed by atoms with Crippen LogP contribution in [0.3, 0.4) is 0 Å². The molecule has 0 fully saturated rings. The largest absolute Gasteiger partial charge is 0.399 e. The number of amides is 1. The first-order valence-corrected chi connectivity index (χ1v) is 6.85. The molecule has 0 heterocycles. The molecular formula is C17H20N2O2. The summed E-state index contributed by atoms with van der Waals surface area (Å²) >= 11 is 0. The molecule has 0 aromatic heterocycles. The lowest BCUT2D eigenvalue weighted by Crippen LogP contribution is -2.14. The fourth-order valence-corrected chi connectivity index (χ4v) is 2.21. The molecule has 4 heteroatoms. The van der Waals surface area contributed by atoms with E-state index in [0.29, 0.717) is 17.9 Å². The molecule has 1 amide bonds. The summed E-state index contributed by atoms with van der Waals surface area (Å²) in [5, 5.41) is 2.94. The zero-order chi connectivity index (χ0) is 15.2. The molecule has 0 aliphatic rings. The van der Waals surface area contributed by atoms with E-state index in [2.05, 4.69) is 5.32 Å². The second kappa shape index (κ2) is 6.90. The topological polar surface area (TPSA) is 64.3 Å². The first-order valence-electron chi connectivity index (χ1n) is 6.85. The van der Waals surface area contributed by atoms with Crippen molar-refractivity contribution in [1.29, 1.82) is 0 Å². The SMILES string of the molecule is COCCc1ccccc1NC(=O)c1cc(C)cc(N)c1. The van der Waals surface area contributed by atoms with E-state index in [4.69, 9.17) is 10.5 Å². The Hall–Kier alpha value is -2.33. The molecule has 0 bridgehead atoms. The fourth-order valence-electron chi connectivity index (χ4n) is 2.21. The second-order valence-corrected chi connectivity index (χ2v) is 4.99. The fraction of sp³-hybridized carbons (Fsp3) is 0.235. The van der Waals surface area contributed by atoms with Crippen molar-refractivity contribution in [2.24, 2.45) is 0 Å². The highest BCUT2D eigenvalue weighted by Crippen LogP contribution is 2.18. The number of aryl methyl sites for hydroxylation is 1. The first-order chi connectivity index (χ1) is 10.1. The van der Waals surface area contributed by atoms with Crippen molar-refractivity contribution in [3.8, 4) is 0 Å². The van der Waals surface area contributed by atoms with Crippen molar-refractivity contribution >= 4 is 17.3 Å². The van der Waals surface area contributed by atoms with Crippen LogP contribution in [-0.2, 0) is 11.2 Å². The Kier molecular flexibility index (Phi) is 4.95. The maximum absolute atomic E-state index is 12.3. The highest BCUT2D eigenvalue weighted by atomic mass is 16.5. The number of anilines is 2. The molecule has 0 saturated carbocycles. The van der Waals surface area contributed by atoms with Crippen molar-refractivity contribution in [1.82, 2.24) is 0 Å². The molecule has 0 radical (unpaired) electrons. The van der Waals surface area contributed by atoms with Crippen LogP contribution in [0.2, 0.25) is 0 Å². The van der Waals surface area contributed by atoms with E-state index in [1.807, 2.05) is 43.3 Å². The van der Waals surface area contributed by atoms with E-state index in [1.54, 1.807) is 13.2 Å². The minimum atomic E-state index is -0.157. The van der Waals surface area contributed by atoms with E-state index in [1.165, 1.54) is 0 Å². The number of nitrogen functional groups attached to an aromatic ring is 1. The van der Waals surface area contributed by atoms with Crippen LogP contribution in [0.25, 0.3) is 0 Å². The Morgan fingerprint density at radius 3 is 2.71 bits per heavy atom. The smallest absolute Gasteiger partial charge is 0.255 e. The third-order valence-electron chi connectivity index (χ3n) is 3.20. The summed E-state index contributed by atoms with van der Waals surface area (Å²) in [5.41, 5.74) is 9.76. The molecule has 0 unspecified atom stereocenters. The van der Waals surface area contributed by atoms with Gasteiger partial charge < -0.3 is 15.8 Å². The van der Waals surface area contributed by atoms with Gasteiger partial charge in [-0.2, -0.15) is 0 Å². The predicted molar refractivity (Wildman–Crippen MR) is 85.6 cm³/mol. The molecule has 2 aromatic carbocycles. The number of benzene rings is 2. The molecule has 110 valence electrons. The molecule has 0 spiro atoms. The van der Waals surface area contributed by atoms with Crippen molar-refractivity contribution < 1.29 is 9.53 Å². The summed E-state index contributed by atoms with van der Waals surface area (Å²) in [7, 11) is 1.66. The summed E-state index contributed by atoms with van der Waals surface area (Å²) in [6.45, 7) is 2.53. The standard InChI is InChI=1S/C17H20N2O2/c1-12-9-14(11-15(18)10-12)17(20)19-16-6-4-3-5-13(16)7-8-21-2/h3-6,9-11H,7-8,18H2,1-2H3,(H,19,20). The van der Waals surface area contributed by atoms with E-state index < -0.39 is 0 Å². The van der Waals surface area contributed by atoms with Crippen LogP contribution in [0.5, 0.6) is 0 Å². The van der Waals surface area contributed by atoms with Gasteiger partial charge in [-0.15, -0.1) is 0 Å². The molecule has 0 saturated heterocycles. The van der Waals surface area contributed by atoms with E-state index >= 15 is 0 Å². The Morgan fingerprint density at radius 2 is 2.00 bits per heavy atom. The van der Waals surface area contributed by atoms with Gasteiger partial charge in [-0.1, -0.05) is 18.2 Å². The number of ether oxygens (including phenoxy) is 1. The second-order valence-electron chi connectivity index (χ2n) is 4.99. The maximum Gasteiger partial charge on any atom is 0.255 e. The number of nitrogens with two attached hydrogens (primary N) is 1. The van der Waals surface area contributed by atoms with E-state index in [0.717, 1.165) is 23.2 Å². The summed E-state index contributed by atoms with van der Waals surface area (Å²) in [4.78, 5) is 12.3.